The Bertz CT molecular complexity index is 453. The zero-order valence-electron chi connectivity index (χ0n) is 12.0. The SMILES string of the molecule is COC(c1ccc(Cl)cc1)C(C)NC(=O)C1CSCN1.Cl. The van der Waals surface area contributed by atoms with Crippen LogP contribution in [-0.4, -0.2) is 36.7 Å². The molecule has 3 atom stereocenters. The van der Waals surface area contributed by atoms with Gasteiger partial charge in [0.25, 0.3) is 0 Å². The zero-order valence-corrected chi connectivity index (χ0v) is 14.4. The van der Waals surface area contributed by atoms with Crippen molar-refractivity contribution in [2.45, 2.75) is 25.1 Å². The number of rotatable bonds is 5. The number of carbonyl (C=O) groups is 1. The molecule has 118 valence electrons. The minimum Gasteiger partial charge on any atom is -0.375 e. The van der Waals surface area contributed by atoms with Crippen molar-refractivity contribution in [3.8, 4) is 0 Å². The molecule has 21 heavy (non-hydrogen) atoms. The molecule has 0 bridgehead atoms. The monoisotopic (exact) mass is 350 g/mol. The summed E-state index contributed by atoms with van der Waals surface area (Å²) < 4.78 is 5.52. The van der Waals surface area contributed by atoms with Crippen LogP contribution in [0.2, 0.25) is 5.02 Å². The maximum atomic E-state index is 12.1. The quantitative estimate of drug-likeness (QED) is 0.856. The first-order chi connectivity index (χ1) is 9.61. The van der Waals surface area contributed by atoms with Gasteiger partial charge in [0, 0.05) is 23.8 Å². The third-order valence-corrected chi connectivity index (χ3v) is 4.50. The Morgan fingerprint density at radius 1 is 1.48 bits per heavy atom. The summed E-state index contributed by atoms with van der Waals surface area (Å²) in [6, 6.07) is 7.27. The van der Waals surface area contributed by atoms with Gasteiger partial charge in [0.2, 0.25) is 5.91 Å². The van der Waals surface area contributed by atoms with Crippen LogP contribution in [-0.2, 0) is 9.53 Å². The molecule has 1 aromatic carbocycles. The predicted octanol–water partition coefficient (Wildman–Crippen LogP) is 2.62. The van der Waals surface area contributed by atoms with Crippen molar-refractivity contribution >= 4 is 41.7 Å². The second kappa shape index (κ2) is 8.86. The van der Waals surface area contributed by atoms with Crippen LogP contribution >= 0.6 is 35.8 Å². The van der Waals surface area contributed by atoms with E-state index >= 15 is 0 Å². The van der Waals surface area contributed by atoms with Crippen LogP contribution in [0.15, 0.2) is 24.3 Å². The Morgan fingerprint density at radius 2 is 2.14 bits per heavy atom. The molecule has 1 fully saturated rings. The third kappa shape index (κ3) is 5.04. The third-order valence-electron chi connectivity index (χ3n) is 3.31. The first-order valence-electron chi connectivity index (χ1n) is 6.51. The number of benzene rings is 1. The van der Waals surface area contributed by atoms with E-state index in [9.17, 15) is 4.79 Å². The summed E-state index contributed by atoms with van der Waals surface area (Å²) >= 11 is 7.62. The van der Waals surface area contributed by atoms with Crippen LogP contribution in [0.3, 0.4) is 0 Å². The van der Waals surface area contributed by atoms with Crippen molar-refractivity contribution in [2.24, 2.45) is 0 Å². The average Bonchev–Trinajstić information content (AvgIpc) is 2.96. The van der Waals surface area contributed by atoms with Gasteiger partial charge in [-0.1, -0.05) is 23.7 Å². The van der Waals surface area contributed by atoms with E-state index < -0.39 is 0 Å². The van der Waals surface area contributed by atoms with Gasteiger partial charge in [-0.3, -0.25) is 10.1 Å². The number of nitrogens with one attached hydrogen (secondary N) is 2. The Kier molecular flexibility index (Phi) is 7.84. The van der Waals surface area contributed by atoms with Crippen LogP contribution in [0.25, 0.3) is 0 Å². The summed E-state index contributed by atoms with van der Waals surface area (Å²) in [7, 11) is 1.64. The largest absolute Gasteiger partial charge is 0.375 e. The molecule has 0 spiro atoms. The first kappa shape index (κ1) is 18.6. The molecule has 1 amide bonds. The number of ether oxygens (including phenoxy) is 1. The lowest BCUT2D eigenvalue weighted by atomic mass is 10.0. The van der Waals surface area contributed by atoms with Crippen molar-refractivity contribution in [3.63, 3.8) is 0 Å². The molecule has 0 aromatic heterocycles. The van der Waals surface area contributed by atoms with Gasteiger partial charge in [-0.05, 0) is 24.6 Å². The molecule has 2 N–H and O–H groups in total. The van der Waals surface area contributed by atoms with Gasteiger partial charge < -0.3 is 10.1 Å². The average molecular weight is 351 g/mol. The lowest BCUT2D eigenvalue weighted by Crippen LogP contribution is -2.47. The molecular formula is C14H20Cl2N2O2S. The van der Waals surface area contributed by atoms with Gasteiger partial charge in [0.05, 0.1) is 12.1 Å². The van der Waals surface area contributed by atoms with E-state index in [0.29, 0.717) is 5.02 Å². The molecular weight excluding hydrogens is 331 g/mol. The van der Waals surface area contributed by atoms with Crippen LogP contribution in [0.4, 0.5) is 0 Å². The fourth-order valence-electron chi connectivity index (χ4n) is 2.25. The van der Waals surface area contributed by atoms with E-state index in [1.54, 1.807) is 18.9 Å². The highest BCUT2D eigenvalue weighted by Gasteiger charge is 2.26. The second-order valence-corrected chi connectivity index (χ2v) is 6.24. The molecule has 3 unspecified atom stereocenters. The van der Waals surface area contributed by atoms with Crippen LogP contribution < -0.4 is 10.6 Å². The van der Waals surface area contributed by atoms with Crippen molar-refractivity contribution < 1.29 is 9.53 Å². The number of carbonyl (C=O) groups excluding carboxylic acids is 1. The highest BCUT2D eigenvalue weighted by Crippen LogP contribution is 2.22. The molecule has 1 aromatic rings. The Balaban J connectivity index is 0.00000220. The summed E-state index contributed by atoms with van der Waals surface area (Å²) in [6.45, 7) is 1.95. The number of methoxy groups -OCH3 is 1. The van der Waals surface area contributed by atoms with E-state index in [-0.39, 0.29) is 36.5 Å². The van der Waals surface area contributed by atoms with Crippen molar-refractivity contribution in [1.82, 2.24) is 10.6 Å². The van der Waals surface area contributed by atoms with Crippen LogP contribution in [0.1, 0.15) is 18.6 Å². The Hall–Kier alpha value is -0.460. The van der Waals surface area contributed by atoms with Crippen LogP contribution in [0.5, 0.6) is 0 Å². The van der Waals surface area contributed by atoms with Gasteiger partial charge in [-0.2, -0.15) is 0 Å². The van der Waals surface area contributed by atoms with Gasteiger partial charge in [-0.15, -0.1) is 24.2 Å². The minimum atomic E-state index is -0.190. The molecule has 1 aliphatic heterocycles. The highest BCUT2D eigenvalue weighted by molar-refractivity contribution is 7.99. The fraction of sp³-hybridized carbons (Fsp3) is 0.500. The smallest absolute Gasteiger partial charge is 0.238 e. The number of amides is 1. The van der Waals surface area contributed by atoms with E-state index in [0.717, 1.165) is 17.2 Å². The topological polar surface area (TPSA) is 50.4 Å². The Morgan fingerprint density at radius 3 is 2.67 bits per heavy atom. The molecule has 0 radical (unpaired) electrons. The van der Waals surface area contributed by atoms with Gasteiger partial charge in [-0.25, -0.2) is 0 Å². The predicted molar refractivity (Wildman–Crippen MR) is 90.3 cm³/mol. The maximum Gasteiger partial charge on any atom is 0.238 e. The van der Waals surface area contributed by atoms with E-state index in [2.05, 4.69) is 10.6 Å². The van der Waals surface area contributed by atoms with Crippen molar-refractivity contribution in [2.75, 3.05) is 18.7 Å². The zero-order chi connectivity index (χ0) is 14.5. The molecule has 2 rings (SSSR count). The number of hydrogen-bond acceptors (Lipinski definition) is 4. The summed E-state index contributed by atoms with van der Waals surface area (Å²) in [5.74, 6) is 1.67. The molecule has 1 aliphatic rings. The van der Waals surface area contributed by atoms with E-state index in [1.807, 2.05) is 31.2 Å². The van der Waals surface area contributed by atoms with Crippen LogP contribution in [0, 0.1) is 0 Å². The molecule has 0 saturated carbocycles. The van der Waals surface area contributed by atoms with Gasteiger partial charge in [0.1, 0.15) is 6.10 Å². The minimum absolute atomic E-state index is 0. The molecule has 0 aliphatic carbocycles. The first-order valence-corrected chi connectivity index (χ1v) is 8.05. The van der Waals surface area contributed by atoms with Crippen molar-refractivity contribution in [3.05, 3.63) is 34.9 Å². The van der Waals surface area contributed by atoms with Crippen molar-refractivity contribution in [1.29, 1.82) is 0 Å². The summed E-state index contributed by atoms with van der Waals surface area (Å²) in [5, 5.41) is 6.86. The maximum absolute atomic E-state index is 12.1. The van der Waals surface area contributed by atoms with Gasteiger partial charge >= 0.3 is 0 Å². The highest BCUT2D eigenvalue weighted by atomic mass is 35.5. The molecule has 1 saturated heterocycles. The number of halogens is 2. The summed E-state index contributed by atoms with van der Waals surface area (Å²) in [4.78, 5) is 12.1. The lowest BCUT2D eigenvalue weighted by Gasteiger charge is -2.25. The van der Waals surface area contributed by atoms with E-state index in [1.165, 1.54) is 0 Å². The summed E-state index contributed by atoms with van der Waals surface area (Å²) in [6.07, 6.45) is -0.190. The fourth-order valence-corrected chi connectivity index (χ4v) is 3.31. The Labute approximate surface area is 140 Å². The number of hydrogen-bond donors (Lipinski definition) is 2. The lowest BCUT2D eigenvalue weighted by molar-refractivity contribution is -0.124. The van der Waals surface area contributed by atoms with Gasteiger partial charge in [0.15, 0.2) is 0 Å². The molecule has 1 heterocycles. The molecule has 7 heteroatoms. The normalized spacial score (nSPS) is 20.4. The molecule has 4 nitrogen and oxygen atoms in total. The van der Waals surface area contributed by atoms with E-state index in [4.69, 9.17) is 16.3 Å². The second-order valence-electron chi connectivity index (χ2n) is 4.78. The standard InChI is InChI=1S/C14H19ClN2O2S.ClH/c1-9(17-14(18)12-7-20-8-16-12)13(19-2)10-3-5-11(15)6-4-10;/h3-6,9,12-13,16H,7-8H2,1-2H3,(H,17,18);1H. The number of thioether (sulfide) groups is 1. The summed E-state index contributed by atoms with van der Waals surface area (Å²) in [5.41, 5.74) is 0.999.